The Labute approximate surface area is 164 Å². The van der Waals surface area contributed by atoms with E-state index in [1.807, 2.05) is 65.8 Å². The number of carbonyl (C=O) groups excluding carboxylic acids is 2. The summed E-state index contributed by atoms with van der Waals surface area (Å²) in [6.07, 6.45) is 0.771. The maximum absolute atomic E-state index is 12.8. The van der Waals surface area contributed by atoms with Crippen molar-refractivity contribution in [1.29, 1.82) is 0 Å². The van der Waals surface area contributed by atoms with Crippen molar-refractivity contribution >= 4 is 28.3 Å². The molecule has 2 N–H and O–H groups in total. The Morgan fingerprint density at radius 2 is 1.78 bits per heavy atom. The molecule has 0 aliphatic carbocycles. The second-order valence-electron chi connectivity index (χ2n) is 7.85. The molecule has 2 atom stereocenters. The van der Waals surface area contributed by atoms with Crippen LogP contribution in [0.25, 0.3) is 10.6 Å². The number of rotatable bonds is 6. The lowest BCUT2D eigenvalue weighted by Crippen LogP contribution is -2.50. The van der Waals surface area contributed by atoms with E-state index in [9.17, 15) is 9.59 Å². The molecule has 6 nitrogen and oxygen atoms in total. The minimum absolute atomic E-state index is 0.000732. The highest BCUT2D eigenvalue weighted by Gasteiger charge is 2.31. The van der Waals surface area contributed by atoms with Gasteiger partial charge in [0.15, 0.2) is 0 Å². The second-order valence-corrected chi connectivity index (χ2v) is 8.83. The molecule has 1 aromatic carbocycles. The van der Waals surface area contributed by atoms with Crippen molar-refractivity contribution < 1.29 is 9.59 Å². The number of nitrogens with one attached hydrogen (secondary N) is 2. The molecule has 2 amide bonds. The third kappa shape index (κ3) is 5.60. The number of nitrogens with zero attached hydrogens (tertiary/aromatic N) is 2. The lowest BCUT2D eigenvalue weighted by molar-refractivity contribution is -0.132. The molecule has 1 aromatic heterocycles. The standard InChI is InChI=1S/C20H28N4O2S/c1-7-13(3)15(21-18(26)20(4,5)6)16(25)22-19-24-23-17(27-19)14-10-8-12(2)9-11-14/h8-11,13,15H,7H2,1-6H3,(H,21,26)(H,22,24,25)/t13-,15-/m1/s1. The van der Waals surface area contributed by atoms with Crippen LogP contribution in [0.15, 0.2) is 24.3 Å². The van der Waals surface area contributed by atoms with Gasteiger partial charge >= 0.3 is 0 Å². The first-order valence-corrected chi connectivity index (χ1v) is 9.95. The highest BCUT2D eigenvalue weighted by atomic mass is 32.1. The highest BCUT2D eigenvalue weighted by molar-refractivity contribution is 7.18. The van der Waals surface area contributed by atoms with Gasteiger partial charge in [0.2, 0.25) is 16.9 Å². The molecular formula is C20H28N4O2S. The molecule has 0 saturated heterocycles. The molecule has 1 heterocycles. The van der Waals surface area contributed by atoms with Crippen LogP contribution in [0.1, 0.15) is 46.6 Å². The molecule has 0 saturated carbocycles. The number of hydrogen-bond donors (Lipinski definition) is 2. The van der Waals surface area contributed by atoms with Gasteiger partial charge in [-0.2, -0.15) is 0 Å². The van der Waals surface area contributed by atoms with Gasteiger partial charge in [0.05, 0.1) is 0 Å². The third-order valence-corrected chi connectivity index (χ3v) is 5.30. The Hall–Kier alpha value is -2.28. The summed E-state index contributed by atoms with van der Waals surface area (Å²) in [6, 6.07) is 7.36. The van der Waals surface area contributed by atoms with Crippen molar-refractivity contribution in [2.45, 2.75) is 54.0 Å². The number of aryl methyl sites for hydroxylation is 1. The summed E-state index contributed by atoms with van der Waals surface area (Å²) in [4.78, 5) is 25.1. The van der Waals surface area contributed by atoms with Crippen LogP contribution in [0.4, 0.5) is 5.13 Å². The highest BCUT2D eigenvalue weighted by Crippen LogP contribution is 2.27. The van der Waals surface area contributed by atoms with Gasteiger partial charge in [0.25, 0.3) is 0 Å². The molecule has 27 heavy (non-hydrogen) atoms. The number of aromatic nitrogens is 2. The summed E-state index contributed by atoms with van der Waals surface area (Å²) in [5.74, 6) is -0.421. The summed E-state index contributed by atoms with van der Waals surface area (Å²) < 4.78 is 0. The molecular weight excluding hydrogens is 360 g/mol. The molecule has 2 aromatic rings. The zero-order valence-electron chi connectivity index (χ0n) is 16.8. The molecule has 0 radical (unpaired) electrons. The summed E-state index contributed by atoms with van der Waals surface area (Å²) >= 11 is 1.31. The van der Waals surface area contributed by atoms with Gasteiger partial charge in [-0.1, -0.05) is 82.2 Å². The zero-order valence-corrected chi connectivity index (χ0v) is 17.6. The minimum Gasteiger partial charge on any atom is -0.344 e. The fourth-order valence-electron chi connectivity index (χ4n) is 2.33. The predicted octanol–water partition coefficient (Wildman–Crippen LogP) is 4.03. The minimum atomic E-state index is -0.617. The topological polar surface area (TPSA) is 84.0 Å². The number of carbonyl (C=O) groups is 2. The van der Waals surface area contributed by atoms with Crippen LogP contribution >= 0.6 is 11.3 Å². The normalized spacial score (nSPS) is 13.7. The van der Waals surface area contributed by atoms with E-state index in [0.29, 0.717) is 5.13 Å². The number of amides is 2. The summed E-state index contributed by atoms with van der Waals surface area (Å²) in [7, 11) is 0. The smallest absolute Gasteiger partial charge is 0.249 e. The van der Waals surface area contributed by atoms with Crippen molar-refractivity contribution in [2.24, 2.45) is 11.3 Å². The Morgan fingerprint density at radius 1 is 1.15 bits per heavy atom. The molecule has 0 fully saturated rings. The monoisotopic (exact) mass is 388 g/mol. The zero-order chi connectivity index (χ0) is 20.2. The summed E-state index contributed by atoms with van der Waals surface area (Å²) in [5.41, 5.74) is 1.56. The number of benzene rings is 1. The van der Waals surface area contributed by atoms with E-state index in [1.54, 1.807) is 0 Å². The van der Waals surface area contributed by atoms with Crippen molar-refractivity contribution in [3.8, 4) is 10.6 Å². The first-order valence-electron chi connectivity index (χ1n) is 9.14. The third-order valence-electron chi connectivity index (χ3n) is 4.42. The average Bonchev–Trinajstić information content (AvgIpc) is 3.06. The maximum atomic E-state index is 12.8. The molecule has 0 aliphatic heterocycles. The number of hydrogen-bond acceptors (Lipinski definition) is 5. The fourth-order valence-corrected chi connectivity index (χ4v) is 3.08. The van der Waals surface area contributed by atoms with E-state index in [0.717, 1.165) is 17.0 Å². The van der Waals surface area contributed by atoms with Gasteiger partial charge in [-0.15, -0.1) is 10.2 Å². The van der Waals surface area contributed by atoms with Crippen molar-refractivity contribution in [3.63, 3.8) is 0 Å². The Morgan fingerprint density at radius 3 is 2.33 bits per heavy atom. The SMILES string of the molecule is CC[C@@H](C)[C@@H](NC(=O)C(C)(C)C)C(=O)Nc1nnc(-c2ccc(C)cc2)s1. The molecule has 0 bridgehead atoms. The van der Waals surface area contributed by atoms with Crippen LogP contribution in [-0.2, 0) is 9.59 Å². The molecule has 0 unspecified atom stereocenters. The van der Waals surface area contributed by atoms with Crippen LogP contribution in [-0.4, -0.2) is 28.1 Å². The van der Waals surface area contributed by atoms with Gasteiger partial charge in [0, 0.05) is 11.0 Å². The van der Waals surface area contributed by atoms with Crippen molar-refractivity contribution in [1.82, 2.24) is 15.5 Å². The predicted molar refractivity (Wildman–Crippen MR) is 110 cm³/mol. The Kier molecular flexibility index (Phi) is 6.70. The first-order chi connectivity index (χ1) is 12.6. The van der Waals surface area contributed by atoms with Gasteiger partial charge in [0.1, 0.15) is 11.0 Å². The van der Waals surface area contributed by atoms with Gasteiger partial charge in [-0.3, -0.25) is 14.9 Å². The van der Waals surface area contributed by atoms with Crippen LogP contribution in [0.5, 0.6) is 0 Å². The summed E-state index contributed by atoms with van der Waals surface area (Å²) in [5, 5.41) is 15.1. The Balaban J connectivity index is 2.13. The van der Waals surface area contributed by atoms with Crippen LogP contribution in [0.3, 0.4) is 0 Å². The van der Waals surface area contributed by atoms with Crippen LogP contribution in [0, 0.1) is 18.3 Å². The van der Waals surface area contributed by atoms with Crippen LogP contribution in [0.2, 0.25) is 0 Å². The second kappa shape index (κ2) is 8.61. The van der Waals surface area contributed by atoms with E-state index in [-0.39, 0.29) is 17.7 Å². The van der Waals surface area contributed by atoms with Crippen LogP contribution < -0.4 is 10.6 Å². The molecule has 7 heteroatoms. The van der Waals surface area contributed by atoms with E-state index in [2.05, 4.69) is 20.8 Å². The summed E-state index contributed by atoms with van der Waals surface area (Å²) in [6.45, 7) is 11.4. The van der Waals surface area contributed by atoms with Gasteiger partial charge in [-0.05, 0) is 12.8 Å². The molecule has 146 valence electrons. The largest absolute Gasteiger partial charge is 0.344 e. The van der Waals surface area contributed by atoms with E-state index < -0.39 is 11.5 Å². The quantitative estimate of drug-likeness (QED) is 0.782. The number of anilines is 1. The lowest BCUT2D eigenvalue weighted by atomic mass is 9.92. The Bertz CT molecular complexity index is 793. The van der Waals surface area contributed by atoms with Crippen molar-refractivity contribution in [2.75, 3.05) is 5.32 Å². The fraction of sp³-hybridized carbons (Fsp3) is 0.500. The first kappa shape index (κ1) is 21.0. The molecule has 2 rings (SSSR count). The average molecular weight is 389 g/mol. The lowest BCUT2D eigenvalue weighted by Gasteiger charge is -2.27. The molecule has 0 spiro atoms. The van der Waals surface area contributed by atoms with E-state index in [1.165, 1.54) is 16.9 Å². The van der Waals surface area contributed by atoms with Gasteiger partial charge in [-0.25, -0.2) is 0 Å². The van der Waals surface area contributed by atoms with Gasteiger partial charge < -0.3 is 5.32 Å². The van der Waals surface area contributed by atoms with Crippen molar-refractivity contribution in [3.05, 3.63) is 29.8 Å². The van der Waals surface area contributed by atoms with E-state index in [4.69, 9.17) is 0 Å². The van der Waals surface area contributed by atoms with E-state index >= 15 is 0 Å². The molecule has 0 aliphatic rings. The maximum Gasteiger partial charge on any atom is 0.249 e.